The van der Waals surface area contributed by atoms with E-state index >= 15 is 0 Å². The van der Waals surface area contributed by atoms with Crippen LogP contribution in [0.1, 0.15) is 64.7 Å². The van der Waals surface area contributed by atoms with Gasteiger partial charge in [-0.2, -0.15) is 0 Å². The molecule has 0 spiro atoms. The maximum absolute atomic E-state index is 10.3. The van der Waals surface area contributed by atoms with Crippen LogP contribution in [0.15, 0.2) is 48.6 Å². The molecule has 0 bridgehead atoms. The molecular formula is C20H32O3. The van der Waals surface area contributed by atoms with Gasteiger partial charge in [0.15, 0.2) is 0 Å². The molecule has 0 aromatic carbocycles. The van der Waals surface area contributed by atoms with Gasteiger partial charge in [0.2, 0.25) is 0 Å². The Hall–Kier alpha value is -1.61. The lowest BCUT2D eigenvalue weighted by Crippen LogP contribution is -2.03. The summed E-state index contributed by atoms with van der Waals surface area (Å²) < 4.78 is 0. The molecule has 0 saturated carbocycles. The first-order chi connectivity index (χ1) is 11.2. The van der Waals surface area contributed by atoms with Crippen molar-refractivity contribution < 1.29 is 15.0 Å². The molecule has 3 heteroatoms. The van der Waals surface area contributed by atoms with E-state index in [0.717, 1.165) is 12.8 Å². The third-order valence-corrected chi connectivity index (χ3v) is 3.32. The van der Waals surface area contributed by atoms with E-state index in [1.807, 2.05) is 18.2 Å². The molecule has 0 aromatic heterocycles. The molecule has 3 nitrogen and oxygen atoms in total. The summed E-state index contributed by atoms with van der Waals surface area (Å²) in [5, 5.41) is 18.1. The summed E-state index contributed by atoms with van der Waals surface area (Å²) in [6, 6.07) is 0. The number of aliphatic carboxylic acids is 1. The van der Waals surface area contributed by atoms with Gasteiger partial charge < -0.3 is 10.2 Å². The fourth-order valence-electron chi connectivity index (χ4n) is 1.98. The van der Waals surface area contributed by atoms with Gasteiger partial charge in [0, 0.05) is 6.42 Å². The van der Waals surface area contributed by atoms with Crippen LogP contribution >= 0.6 is 0 Å². The Morgan fingerprint density at radius 3 is 2.35 bits per heavy atom. The predicted octanol–water partition coefficient (Wildman–Crippen LogP) is 5.19. The summed E-state index contributed by atoms with van der Waals surface area (Å²) >= 11 is 0. The van der Waals surface area contributed by atoms with Crippen LogP contribution in [-0.4, -0.2) is 22.3 Å². The maximum Gasteiger partial charge on any atom is 0.303 e. The minimum absolute atomic E-state index is 0.110. The van der Waals surface area contributed by atoms with Crippen LogP contribution in [-0.2, 0) is 4.79 Å². The van der Waals surface area contributed by atoms with Crippen molar-refractivity contribution in [3.05, 3.63) is 48.6 Å². The standard InChI is InChI=1S/C20H32O3/c1-2-3-4-5-6-7-8-9-10-11-12-13-14-16-19(21)17-15-18-20(22)23/h6-7,9-10,12-14,16,19,21H,2-5,8,11,15,17-18H2,1H3,(H,22,23)/b7-6?,10-9?,13-12-,16-14+. The van der Waals surface area contributed by atoms with Crippen molar-refractivity contribution in [2.75, 3.05) is 0 Å². The van der Waals surface area contributed by atoms with Gasteiger partial charge in [0.25, 0.3) is 0 Å². The van der Waals surface area contributed by atoms with Gasteiger partial charge in [-0.1, -0.05) is 68.4 Å². The third-order valence-electron chi connectivity index (χ3n) is 3.32. The fourth-order valence-corrected chi connectivity index (χ4v) is 1.98. The number of aliphatic hydroxyl groups is 1. The van der Waals surface area contributed by atoms with E-state index < -0.39 is 12.1 Å². The highest BCUT2D eigenvalue weighted by Crippen LogP contribution is 2.03. The monoisotopic (exact) mass is 320 g/mol. The Bertz CT molecular complexity index is 392. The molecular weight excluding hydrogens is 288 g/mol. The molecule has 0 heterocycles. The van der Waals surface area contributed by atoms with Crippen molar-refractivity contribution in [3.63, 3.8) is 0 Å². The summed E-state index contributed by atoms with van der Waals surface area (Å²) in [6.07, 6.45) is 23.6. The zero-order valence-electron chi connectivity index (χ0n) is 14.4. The number of aliphatic hydroxyl groups excluding tert-OH is 1. The second-order valence-electron chi connectivity index (χ2n) is 5.58. The zero-order chi connectivity index (χ0) is 17.2. The molecule has 1 atom stereocenters. The molecule has 0 amide bonds. The van der Waals surface area contributed by atoms with Crippen molar-refractivity contribution in [2.24, 2.45) is 0 Å². The van der Waals surface area contributed by atoms with Crippen molar-refractivity contribution >= 4 is 5.97 Å². The molecule has 2 N–H and O–H groups in total. The van der Waals surface area contributed by atoms with Gasteiger partial charge >= 0.3 is 5.97 Å². The van der Waals surface area contributed by atoms with Gasteiger partial charge in [0.05, 0.1) is 6.10 Å². The molecule has 0 radical (unpaired) electrons. The number of allylic oxidation sites excluding steroid dienone is 7. The van der Waals surface area contributed by atoms with E-state index in [-0.39, 0.29) is 6.42 Å². The lowest BCUT2D eigenvalue weighted by molar-refractivity contribution is -0.137. The quantitative estimate of drug-likeness (QED) is 0.263. The van der Waals surface area contributed by atoms with Crippen molar-refractivity contribution in [1.29, 1.82) is 0 Å². The number of rotatable bonds is 14. The van der Waals surface area contributed by atoms with E-state index in [1.54, 1.807) is 6.08 Å². The van der Waals surface area contributed by atoms with Crippen LogP contribution in [0.3, 0.4) is 0 Å². The van der Waals surface area contributed by atoms with E-state index in [4.69, 9.17) is 5.11 Å². The number of carbonyl (C=O) groups is 1. The lowest BCUT2D eigenvalue weighted by Gasteiger charge is -2.02. The smallest absolute Gasteiger partial charge is 0.303 e. The van der Waals surface area contributed by atoms with E-state index in [9.17, 15) is 9.90 Å². The number of carboxylic acid groups (broad SMARTS) is 1. The first-order valence-corrected chi connectivity index (χ1v) is 8.70. The van der Waals surface area contributed by atoms with Crippen LogP contribution in [0.25, 0.3) is 0 Å². The normalized spacial score (nSPS) is 13.8. The van der Waals surface area contributed by atoms with Gasteiger partial charge in [-0.25, -0.2) is 0 Å². The molecule has 0 aliphatic heterocycles. The van der Waals surface area contributed by atoms with Crippen LogP contribution in [0.4, 0.5) is 0 Å². The van der Waals surface area contributed by atoms with Crippen molar-refractivity contribution in [2.45, 2.75) is 70.8 Å². The van der Waals surface area contributed by atoms with Crippen LogP contribution < -0.4 is 0 Å². The second-order valence-corrected chi connectivity index (χ2v) is 5.58. The topological polar surface area (TPSA) is 57.5 Å². The summed E-state index contributed by atoms with van der Waals surface area (Å²) in [5.74, 6) is -0.816. The molecule has 0 aliphatic rings. The first-order valence-electron chi connectivity index (χ1n) is 8.70. The molecule has 0 saturated heterocycles. The third kappa shape index (κ3) is 18.3. The Kier molecular flexibility index (Phi) is 15.6. The second kappa shape index (κ2) is 16.8. The van der Waals surface area contributed by atoms with Crippen molar-refractivity contribution in [3.8, 4) is 0 Å². The number of unbranched alkanes of at least 4 members (excludes halogenated alkanes) is 3. The maximum atomic E-state index is 10.3. The highest BCUT2D eigenvalue weighted by molar-refractivity contribution is 5.66. The largest absolute Gasteiger partial charge is 0.481 e. The SMILES string of the molecule is CCCCCC=CCC=CC/C=C\C=C\C(O)CCCC(=O)O. The fraction of sp³-hybridized carbons (Fsp3) is 0.550. The number of hydrogen-bond acceptors (Lipinski definition) is 2. The Labute approximate surface area is 141 Å². The van der Waals surface area contributed by atoms with Gasteiger partial charge in [-0.05, 0) is 38.5 Å². The van der Waals surface area contributed by atoms with Crippen LogP contribution in [0.5, 0.6) is 0 Å². The van der Waals surface area contributed by atoms with Gasteiger partial charge in [-0.15, -0.1) is 0 Å². The summed E-state index contributed by atoms with van der Waals surface area (Å²) in [6.45, 7) is 2.22. The summed E-state index contributed by atoms with van der Waals surface area (Å²) in [5.41, 5.74) is 0. The highest BCUT2D eigenvalue weighted by Gasteiger charge is 2.01. The number of hydrogen-bond donors (Lipinski definition) is 2. The lowest BCUT2D eigenvalue weighted by atomic mass is 10.1. The molecule has 0 aromatic rings. The predicted molar refractivity (Wildman–Crippen MR) is 97.4 cm³/mol. The van der Waals surface area contributed by atoms with Crippen LogP contribution in [0.2, 0.25) is 0 Å². The molecule has 0 fully saturated rings. The Balaban J connectivity index is 3.59. The summed E-state index contributed by atoms with van der Waals surface area (Å²) in [7, 11) is 0. The minimum atomic E-state index is -0.816. The van der Waals surface area contributed by atoms with E-state index in [0.29, 0.717) is 12.8 Å². The molecule has 130 valence electrons. The zero-order valence-corrected chi connectivity index (χ0v) is 14.4. The highest BCUT2D eigenvalue weighted by atomic mass is 16.4. The average molecular weight is 320 g/mol. The average Bonchev–Trinajstić information content (AvgIpc) is 2.51. The van der Waals surface area contributed by atoms with Gasteiger partial charge in [0.1, 0.15) is 0 Å². The van der Waals surface area contributed by atoms with E-state index in [1.165, 1.54) is 25.7 Å². The van der Waals surface area contributed by atoms with E-state index in [2.05, 4.69) is 31.2 Å². The van der Waals surface area contributed by atoms with Gasteiger partial charge in [-0.3, -0.25) is 4.79 Å². The molecule has 0 rings (SSSR count). The summed E-state index contributed by atoms with van der Waals surface area (Å²) in [4.78, 5) is 10.3. The molecule has 23 heavy (non-hydrogen) atoms. The first kappa shape index (κ1) is 21.4. The number of carboxylic acids is 1. The Morgan fingerprint density at radius 2 is 1.65 bits per heavy atom. The molecule has 1 unspecified atom stereocenters. The van der Waals surface area contributed by atoms with Crippen molar-refractivity contribution in [1.82, 2.24) is 0 Å². The molecule has 0 aliphatic carbocycles. The minimum Gasteiger partial charge on any atom is -0.481 e. The van der Waals surface area contributed by atoms with Crippen LogP contribution in [0, 0.1) is 0 Å². The Morgan fingerprint density at radius 1 is 0.957 bits per heavy atom.